The van der Waals surface area contributed by atoms with Crippen LogP contribution in [0.15, 0.2) is 28.8 Å². The van der Waals surface area contributed by atoms with E-state index in [1.165, 1.54) is 0 Å². The van der Waals surface area contributed by atoms with Gasteiger partial charge in [0.15, 0.2) is 5.82 Å². The summed E-state index contributed by atoms with van der Waals surface area (Å²) in [6.07, 6.45) is 3.42. The van der Waals surface area contributed by atoms with Crippen molar-refractivity contribution in [3.63, 3.8) is 0 Å². The lowest BCUT2D eigenvalue weighted by atomic mass is 9.88. The van der Waals surface area contributed by atoms with Crippen molar-refractivity contribution in [2.45, 2.75) is 38.0 Å². The van der Waals surface area contributed by atoms with Gasteiger partial charge in [0.25, 0.3) is 0 Å². The van der Waals surface area contributed by atoms with E-state index in [0.717, 1.165) is 18.4 Å². The van der Waals surface area contributed by atoms with E-state index in [2.05, 4.69) is 10.1 Å². The van der Waals surface area contributed by atoms with Crippen molar-refractivity contribution in [2.24, 2.45) is 0 Å². The highest BCUT2D eigenvalue weighted by Crippen LogP contribution is 2.30. The molecule has 0 aliphatic heterocycles. The maximum Gasteiger partial charge on any atom is 0.229 e. The van der Waals surface area contributed by atoms with Gasteiger partial charge in [-0.25, -0.2) is 0 Å². The van der Waals surface area contributed by atoms with Gasteiger partial charge in [-0.15, -0.1) is 0 Å². The Bertz CT molecular complexity index is 614. The molecule has 1 saturated carbocycles. The topological polar surface area (TPSA) is 56.0 Å². The van der Waals surface area contributed by atoms with Crippen LogP contribution in [-0.4, -0.2) is 15.9 Å². The summed E-state index contributed by atoms with van der Waals surface area (Å²) in [6.45, 7) is 0. The number of carbonyl (C=O) groups excluding carboxylic acids is 1. The first-order valence-electron chi connectivity index (χ1n) is 6.80. The van der Waals surface area contributed by atoms with Crippen LogP contribution in [0.1, 0.15) is 48.9 Å². The number of ketones is 1. The minimum atomic E-state index is 0.222. The summed E-state index contributed by atoms with van der Waals surface area (Å²) in [5, 5.41) is 4.73. The van der Waals surface area contributed by atoms with Crippen molar-refractivity contribution < 1.29 is 9.32 Å². The Morgan fingerprint density at radius 1 is 1.25 bits per heavy atom. The molecule has 1 aliphatic rings. The second-order valence-corrected chi connectivity index (χ2v) is 5.54. The zero-order chi connectivity index (χ0) is 13.9. The molecule has 0 unspecified atom stereocenters. The second-order valence-electron chi connectivity index (χ2n) is 5.13. The third kappa shape index (κ3) is 2.90. The van der Waals surface area contributed by atoms with Gasteiger partial charge in [0, 0.05) is 30.2 Å². The highest BCUT2D eigenvalue weighted by Gasteiger charge is 2.25. The van der Waals surface area contributed by atoms with Crippen molar-refractivity contribution in [3.05, 3.63) is 46.6 Å². The molecule has 1 aliphatic carbocycles. The summed E-state index contributed by atoms with van der Waals surface area (Å²) in [4.78, 5) is 15.7. The molecule has 0 saturated heterocycles. The van der Waals surface area contributed by atoms with E-state index in [1.807, 2.05) is 24.3 Å². The summed E-state index contributed by atoms with van der Waals surface area (Å²) in [7, 11) is 0. The predicted octanol–water partition coefficient (Wildman–Crippen LogP) is 3.54. The average Bonchev–Trinajstić information content (AvgIpc) is 2.91. The molecule has 1 fully saturated rings. The van der Waals surface area contributed by atoms with Gasteiger partial charge in [-0.2, -0.15) is 4.98 Å². The molecule has 104 valence electrons. The van der Waals surface area contributed by atoms with Gasteiger partial charge < -0.3 is 4.52 Å². The van der Waals surface area contributed by atoms with Crippen LogP contribution in [0.2, 0.25) is 5.02 Å². The minimum absolute atomic E-state index is 0.222. The largest absolute Gasteiger partial charge is 0.339 e. The number of aromatic nitrogens is 2. The molecule has 20 heavy (non-hydrogen) atoms. The summed E-state index contributed by atoms with van der Waals surface area (Å²) < 4.78 is 5.34. The molecule has 1 aromatic carbocycles. The van der Waals surface area contributed by atoms with Crippen molar-refractivity contribution in [3.8, 4) is 0 Å². The zero-order valence-corrected chi connectivity index (χ0v) is 11.8. The molecule has 4 nitrogen and oxygen atoms in total. The van der Waals surface area contributed by atoms with Crippen LogP contribution in [0, 0.1) is 0 Å². The lowest BCUT2D eigenvalue weighted by Gasteiger charge is -2.16. The van der Waals surface area contributed by atoms with Crippen LogP contribution in [0.3, 0.4) is 0 Å². The Balaban J connectivity index is 1.71. The molecule has 0 radical (unpaired) electrons. The van der Waals surface area contributed by atoms with Crippen LogP contribution >= 0.6 is 11.6 Å². The summed E-state index contributed by atoms with van der Waals surface area (Å²) in [5.74, 6) is 1.85. The van der Waals surface area contributed by atoms with Crippen LogP contribution in [0.25, 0.3) is 0 Å². The van der Waals surface area contributed by atoms with Gasteiger partial charge in [-0.05, 0) is 24.5 Å². The van der Waals surface area contributed by atoms with Gasteiger partial charge in [-0.1, -0.05) is 35.0 Å². The van der Waals surface area contributed by atoms with Crippen LogP contribution < -0.4 is 0 Å². The highest BCUT2D eigenvalue weighted by molar-refractivity contribution is 6.31. The first kappa shape index (κ1) is 13.3. The summed E-state index contributed by atoms with van der Waals surface area (Å²) in [6, 6.07) is 7.64. The van der Waals surface area contributed by atoms with E-state index in [9.17, 15) is 4.79 Å². The number of nitrogens with zero attached hydrogens (tertiary/aromatic N) is 2. The third-order valence-electron chi connectivity index (χ3n) is 3.68. The van der Waals surface area contributed by atoms with E-state index in [-0.39, 0.29) is 5.92 Å². The molecule has 0 N–H and O–H groups in total. The van der Waals surface area contributed by atoms with E-state index >= 15 is 0 Å². The molecule has 1 heterocycles. The average molecular weight is 291 g/mol. The standard InChI is InChI=1S/C15H15ClN2O2/c16-13-4-2-1-3-11(13)9-14-17-15(20-18-14)10-5-7-12(19)8-6-10/h1-4,10H,5-9H2. The molecule has 2 aromatic rings. The van der Waals surface area contributed by atoms with Gasteiger partial charge in [-0.3, -0.25) is 4.79 Å². The molecular weight excluding hydrogens is 276 g/mol. The number of benzene rings is 1. The van der Waals surface area contributed by atoms with Crippen molar-refractivity contribution in [1.29, 1.82) is 0 Å². The first-order valence-corrected chi connectivity index (χ1v) is 7.18. The van der Waals surface area contributed by atoms with Gasteiger partial charge in [0.05, 0.1) is 0 Å². The quantitative estimate of drug-likeness (QED) is 0.867. The fraction of sp³-hybridized carbons (Fsp3) is 0.400. The second kappa shape index (κ2) is 5.75. The fourth-order valence-corrected chi connectivity index (χ4v) is 2.71. The van der Waals surface area contributed by atoms with Crippen LogP contribution in [-0.2, 0) is 11.2 Å². The SMILES string of the molecule is O=C1CCC(c2nc(Cc3ccccc3Cl)no2)CC1. The lowest BCUT2D eigenvalue weighted by Crippen LogP contribution is -2.12. The molecule has 0 bridgehead atoms. The van der Waals surface area contributed by atoms with Crippen molar-refractivity contribution >= 4 is 17.4 Å². The van der Waals surface area contributed by atoms with E-state index < -0.39 is 0 Å². The van der Waals surface area contributed by atoms with Gasteiger partial charge >= 0.3 is 0 Å². The maximum atomic E-state index is 11.2. The Kier molecular flexibility index (Phi) is 3.83. The van der Waals surface area contributed by atoms with E-state index in [0.29, 0.717) is 41.8 Å². The highest BCUT2D eigenvalue weighted by atomic mass is 35.5. The fourth-order valence-electron chi connectivity index (χ4n) is 2.50. The summed E-state index contributed by atoms with van der Waals surface area (Å²) >= 11 is 6.12. The molecule has 5 heteroatoms. The Hall–Kier alpha value is -1.68. The lowest BCUT2D eigenvalue weighted by molar-refractivity contribution is -0.120. The first-order chi connectivity index (χ1) is 9.72. The Morgan fingerprint density at radius 3 is 2.75 bits per heavy atom. The van der Waals surface area contributed by atoms with E-state index in [4.69, 9.17) is 16.1 Å². The smallest absolute Gasteiger partial charge is 0.229 e. The third-order valence-corrected chi connectivity index (χ3v) is 4.05. The zero-order valence-electron chi connectivity index (χ0n) is 11.0. The number of halogens is 1. The number of carbonyl (C=O) groups is 1. The van der Waals surface area contributed by atoms with Crippen molar-refractivity contribution in [1.82, 2.24) is 10.1 Å². The number of hydrogen-bond donors (Lipinski definition) is 0. The van der Waals surface area contributed by atoms with Gasteiger partial charge in [0.1, 0.15) is 5.78 Å². The monoisotopic (exact) mass is 290 g/mol. The van der Waals surface area contributed by atoms with Gasteiger partial charge in [0.2, 0.25) is 5.89 Å². The number of hydrogen-bond acceptors (Lipinski definition) is 4. The molecule has 3 rings (SSSR count). The maximum absolute atomic E-state index is 11.2. The molecule has 0 spiro atoms. The minimum Gasteiger partial charge on any atom is -0.339 e. The molecule has 0 atom stereocenters. The predicted molar refractivity (Wildman–Crippen MR) is 74.8 cm³/mol. The van der Waals surface area contributed by atoms with Crippen LogP contribution in [0.5, 0.6) is 0 Å². The molecule has 1 aromatic heterocycles. The molecule has 0 amide bonds. The van der Waals surface area contributed by atoms with Crippen molar-refractivity contribution in [2.75, 3.05) is 0 Å². The number of Topliss-reactive ketones (excluding diaryl/α,β-unsaturated/α-hetero) is 1. The Morgan fingerprint density at radius 2 is 2.00 bits per heavy atom. The molecular formula is C15H15ClN2O2. The summed E-state index contributed by atoms with van der Waals surface area (Å²) in [5.41, 5.74) is 0.986. The van der Waals surface area contributed by atoms with Crippen LogP contribution in [0.4, 0.5) is 0 Å². The Labute approximate surface area is 122 Å². The number of rotatable bonds is 3. The normalized spacial score (nSPS) is 16.6. The van der Waals surface area contributed by atoms with E-state index in [1.54, 1.807) is 0 Å².